The van der Waals surface area contributed by atoms with E-state index in [1.54, 1.807) is 30.3 Å². The highest BCUT2D eigenvalue weighted by atomic mass is 16.4. The van der Waals surface area contributed by atoms with Crippen LogP contribution in [0.4, 0.5) is 0 Å². The maximum Gasteiger partial charge on any atom is 0.304 e. The van der Waals surface area contributed by atoms with Gasteiger partial charge in [-0.2, -0.15) is 0 Å². The Labute approximate surface area is 121 Å². The zero-order chi connectivity index (χ0) is 15.0. The normalized spacial score (nSPS) is 20.5. The van der Waals surface area contributed by atoms with Crippen LogP contribution < -0.4 is 5.32 Å². The predicted molar refractivity (Wildman–Crippen MR) is 73.3 cm³/mol. The van der Waals surface area contributed by atoms with Gasteiger partial charge in [-0.1, -0.05) is 30.3 Å². The fraction of sp³-hybridized carbons (Fsp3) is 0.267. The molecule has 2 heterocycles. The molecular formula is C15H14N2O4. The third kappa shape index (κ3) is 2.18. The first-order valence-electron chi connectivity index (χ1n) is 6.70. The van der Waals surface area contributed by atoms with Crippen molar-refractivity contribution in [2.75, 3.05) is 13.1 Å². The summed E-state index contributed by atoms with van der Waals surface area (Å²) in [5.41, 5.74) is 0.727. The average molecular weight is 286 g/mol. The Balaban J connectivity index is 2.03. The Morgan fingerprint density at radius 2 is 2.00 bits per heavy atom. The van der Waals surface area contributed by atoms with Gasteiger partial charge in [0.1, 0.15) is 5.82 Å². The molecule has 1 aromatic carbocycles. The number of amides is 1. The van der Waals surface area contributed by atoms with Crippen LogP contribution in [0.15, 0.2) is 41.7 Å². The molecule has 0 unspecified atom stereocenters. The molecule has 3 rings (SSSR count). The fourth-order valence-electron chi connectivity index (χ4n) is 2.81. The molecular weight excluding hydrogens is 272 g/mol. The SMILES string of the molecule is O=C(O)C[C@@H]1C(=O)N2CCNC2=C1C(=O)c1ccccc1. The summed E-state index contributed by atoms with van der Waals surface area (Å²) in [4.78, 5) is 37.4. The third-order valence-corrected chi connectivity index (χ3v) is 3.72. The highest BCUT2D eigenvalue weighted by molar-refractivity contribution is 6.14. The molecule has 0 aromatic heterocycles. The molecule has 1 saturated heterocycles. The molecule has 1 aromatic rings. The minimum atomic E-state index is -1.09. The first-order valence-corrected chi connectivity index (χ1v) is 6.70. The van der Waals surface area contributed by atoms with Crippen molar-refractivity contribution in [2.24, 2.45) is 5.92 Å². The Bertz CT molecular complexity index is 651. The summed E-state index contributed by atoms with van der Waals surface area (Å²) in [6.45, 7) is 1.04. The van der Waals surface area contributed by atoms with Crippen molar-refractivity contribution in [3.05, 3.63) is 47.3 Å². The maximum atomic E-state index is 12.7. The van der Waals surface area contributed by atoms with Gasteiger partial charge in [0.25, 0.3) is 0 Å². The van der Waals surface area contributed by atoms with Gasteiger partial charge >= 0.3 is 5.97 Å². The number of nitrogens with zero attached hydrogens (tertiary/aromatic N) is 1. The molecule has 0 aliphatic carbocycles. The molecule has 2 aliphatic heterocycles. The molecule has 2 aliphatic rings. The standard InChI is InChI=1S/C15H14N2O4/c18-11(19)8-10-12(13(20)9-4-2-1-3-5-9)14-16-6-7-17(14)15(10)21/h1-5,10,16H,6-8H2,(H,18,19)/t10-/m0/s1. The number of fused-ring (bicyclic) bond motifs is 1. The van der Waals surface area contributed by atoms with E-state index in [1.165, 1.54) is 4.90 Å². The molecule has 1 fully saturated rings. The van der Waals surface area contributed by atoms with Gasteiger partial charge < -0.3 is 10.4 Å². The minimum Gasteiger partial charge on any atom is -0.481 e. The Kier molecular flexibility index (Phi) is 3.21. The van der Waals surface area contributed by atoms with Crippen molar-refractivity contribution in [1.29, 1.82) is 0 Å². The number of nitrogens with one attached hydrogen (secondary N) is 1. The third-order valence-electron chi connectivity index (χ3n) is 3.72. The van der Waals surface area contributed by atoms with Crippen molar-refractivity contribution in [3.63, 3.8) is 0 Å². The first-order chi connectivity index (χ1) is 10.1. The summed E-state index contributed by atoms with van der Waals surface area (Å²) in [6.07, 6.45) is -0.367. The lowest BCUT2D eigenvalue weighted by Crippen LogP contribution is -2.29. The van der Waals surface area contributed by atoms with Gasteiger partial charge in [0, 0.05) is 18.7 Å². The number of Topliss-reactive ketones (excluding diaryl/α,β-unsaturated/α-hetero) is 1. The quantitative estimate of drug-likeness (QED) is 0.792. The van der Waals surface area contributed by atoms with Crippen LogP contribution in [0.25, 0.3) is 0 Å². The molecule has 6 heteroatoms. The zero-order valence-corrected chi connectivity index (χ0v) is 11.2. The lowest BCUT2D eigenvalue weighted by Gasteiger charge is -2.12. The van der Waals surface area contributed by atoms with Gasteiger partial charge in [0.05, 0.1) is 17.9 Å². The Hall–Kier alpha value is -2.63. The Morgan fingerprint density at radius 1 is 1.29 bits per heavy atom. The topological polar surface area (TPSA) is 86.7 Å². The number of ketones is 1. The summed E-state index contributed by atoms with van der Waals surface area (Å²) >= 11 is 0. The number of aliphatic carboxylic acids is 1. The fourth-order valence-corrected chi connectivity index (χ4v) is 2.81. The molecule has 6 nitrogen and oxygen atoms in total. The van der Waals surface area contributed by atoms with Crippen LogP contribution in [0.3, 0.4) is 0 Å². The average Bonchev–Trinajstić information content (AvgIpc) is 3.03. The van der Waals surface area contributed by atoms with E-state index in [4.69, 9.17) is 5.11 Å². The summed E-state index contributed by atoms with van der Waals surface area (Å²) < 4.78 is 0. The first kappa shape index (κ1) is 13.4. The number of benzene rings is 1. The summed E-state index contributed by atoms with van der Waals surface area (Å²) in [7, 11) is 0. The van der Waals surface area contributed by atoms with E-state index in [2.05, 4.69) is 5.32 Å². The zero-order valence-electron chi connectivity index (χ0n) is 11.2. The van der Waals surface area contributed by atoms with Crippen LogP contribution in [0.1, 0.15) is 16.8 Å². The second-order valence-corrected chi connectivity index (χ2v) is 5.02. The molecule has 21 heavy (non-hydrogen) atoms. The predicted octanol–water partition coefficient (Wildman–Crippen LogP) is 0.617. The van der Waals surface area contributed by atoms with Crippen molar-refractivity contribution >= 4 is 17.7 Å². The Morgan fingerprint density at radius 3 is 2.67 bits per heavy atom. The van der Waals surface area contributed by atoms with Gasteiger partial charge in [-0.25, -0.2) is 0 Å². The minimum absolute atomic E-state index is 0.270. The van der Waals surface area contributed by atoms with Crippen LogP contribution in [-0.4, -0.2) is 40.8 Å². The van der Waals surface area contributed by atoms with Crippen LogP contribution in [-0.2, 0) is 9.59 Å². The van der Waals surface area contributed by atoms with Crippen LogP contribution in [0.2, 0.25) is 0 Å². The molecule has 108 valence electrons. The highest BCUT2D eigenvalue weighted by Gasteiger charge is 2.45. The molecule has 0 saturated carbocycles. The summed E-state index contributed by atoms with van der Waals surface area (Å²) in [6, 6.07) is 8.59. The van der Waals surface area contributed by atoms with E-state index < -0.39 is 11.9 Å². The number of carbonyl (C=O) groups excluding carboxylic acids is 2. The monoisotopic (exact) mass is 286 g/mol. The van der Waals surface area contributed by atoms with E-state index in [1.807, 2.05) is 0 Å². The molecule has 2 N–H and O–H groups in total. The number of carboxylic acid groups (broad SMARTS) is 1. The summed E-state index contributed by atoms with van der Waals surface area (Å²) in [5.74, 6) is -2.12. The van der Waals surface area contributed by atoms with E-state index in [-0.39, 0.29) is 23.7 Å². The van der Waals surface area contributed by atoms with Gasteiger partial charge in [-0.15, -0.1) is 0 Å². The molecule has 0 radical (unpaired) electrons. The molecule has 1 amide bonds. The smallest absolute Gasteiger partial charge is 0.304 e. The largest absolute Gasteiger partial charge is 0.481 e. The van der Waals surface area contributed by atoms with Gasteiger partial charge in [0.2, 0.25) is 5.91 Å². The van der Waals surface area contributed by atoms with Crippen molar-refractivity contribution < 1.29 is 19.5 Å². The van der Waals surface area contributed by atoms with Crippen LogP contribution in [0, 0.1) is 5.92 Å². The number of hydrogen-bond donors (Lipinski definition) is 2. The van der Waals surface area contributed by atoms with Crippen molar-refractivity contribution in [3.8, 4) is 0 Å². The molecule has 0 bridgehead atoms. The second-order valence-electron chi connectivity index (χ2n) is 5.02. The van der Waals surface area contributed by atoms with E-state index in [0.29, 0.717) is 24.5 Å². The molecule has 0 spiro atoms. The maximum absolute atomic E-state index is 12.7. The lowest BCUT2D eigenvalue weighted by atomic mass is 9.91. The second kappa shape index (κ2) is 5.05. The van der Waals surface area contributed by atoms with Crippen molar-refractivity contribution in [2.45, 2.75) is 6.42 Å². The summed E-state index contributed by atoms with van der Waals surface area (Å²) in [5, 5.41) is 12.0. The van der Waals surface area contributed by atoms with Crippen molar-refractivity contribution in [1.82, 2.24) is 10.2 Å². The van der Waals surface area contributed by atoms with Crippen LogP contribution in [0.5, 0.6) is 0 Å². The molecule has 1 atom stereocenters. The highest BCUT2D eigenvalue weighted by Crippen LogP contribution is 2.34. The van der Waals surface area contributed by atoms with Gasteiger partial charge in [-0.05, 0) is 0 Å². The number of rotatable bonds is 4. The van der Waals surface area contributed by atoms with Gasteiger partial charge in [-0.3, -0.25) is 19.3 Å². The van der Waals surface area contributed by atoms with E-state index in [9.17, 15) is 14.4 Å². The van der Waals surface area contributed by atoms with E-state index >= 15 is 0 Å². The van der Waals surface area contributed by atoms with Crippen LogP contribution >= 0.6 is 0 Å². The van der Waals surface area contributed by atoms with E-state index in [0.717, 1.165) is 0 Å². The lowest BCUT2D eigenvalue weighted by molar-refractivity contribution is -0.141. The number of hydrogen-bond acceptors (Lipinski definition) is 4. The number of carbonyl (C=O) groups is 3. The van der Waals surface area contributed by atoms with Gasteiger partial charge in [0.15, 0.2) is 5.78 Å². The number of carboxylic acids is 1.